The van der Waals surface area contributed by atoms with Crippen LogP contribution in [0, 0.1) is 5.41 Å². The molecule has 1 atom stereocenters. The lowest BCUT2D eigenvalue weighted by molar-refractivity contribution is 0.316. The lowest BCUT2D eigenvalue weighted by atomic mass is 9.84. The quantitative estimate of drug-likeness (QED) is 0.499. The van der Waals surface area contributed by atoms with Crippen molar-refractivity contribution < 1.29 is 0 Å². The molecule has 0 saturated heterocycles. The van der Waals surface area contributed by atoms with Gasteiger partial charge in [0, 0.05) is 4.83 Å². The Morgan fingerprint density at radius 2 is 2.12 bits per heavy atom. The summed E-state index contributed by atoms with van der Waals surface area (Å²) in [6.07, 6.45) is 4.91. The third kappa shape index (κ3) is 2.51. The number of rotatable bonds is 1. The van der Waals surface area contributed by atoms with Crippen molar-refractivity contribution in [2.45, 2.75) is 51.3 Å². The molecule has 0 N–H and O–H groups in total. The number of benzene rings is 1. The van der Waals surface area contributed by atoms with Gasteiger partial charge in [-0.15, -0.1) is 0 Å². The fourth-order valence-electron chi connectivity index (χ4n) is 2.55. The van der Waals surface area contributed by atoms with E-state index in [1.807, 2.05) is 0 Å². The van der Waals surface area contributed by atoms with Crippen LogP contribution >= 0.6 is 15.9 Å². The van der Waals surface area contributed by atoms with Crippen molar-refractivity contribution in [3.8, 4) is 0 Å². The average Bonchev–Trinajstić information content (AvgIpc) is 2.35. The number of halogens is 1. The highest BCUT2D eigenvalue weighted by Gasteiger charge is 2.27. The lowest BCUT2D eigenvalue weighted by Gasteiger charge is -2.24. The summed E-state index contributed by atoms with van der Waals surface area (Å²) in [6.45, 7) is 6.99. The first-order valence-electron chi connectivity index (χ1n) is 6.27. The SMILES string of the molecule is CCc1ccc2c(c1)C(Br)CC(C)(C)CC2. The number of alkyl halides is 1. The largest absolute Gasteiger partial charge is 0.0838 e. The highest BCUT2D eigenvalue weighted by Crippen LogP contribution is 2.43. The number of hydrogen-bond acceptors (Lipinski definition) is 0. The summed E-state index contributed by atoms with van der Waals surface area (Å²) in [6, 6.07) is 7.02. The van der Waals surface area contributed by atoms with Gasteiger partial charge in [-0.3, -0.25) is 0 Å². The predicted molar refractivity (Wildman–Crippen MR) is 74.2 cm³/mol. The molecule has 0 fully saturated rings. The van der Waals surface area contributed by atoms with Gasteiger partial charge in [-0.1, -0.05) is 54.9 Å². The van der Waals surface area contributed by atoms with E-state index in [0.29, 0.717) is 10.2 Å². The van der Waals surface area contributed by atoms with Crippen molar-refractivity contribution in [1.82, 2.24) is 0 Å². The van der Waals surface area contributed by atoms with E-state index in [2.05, 4.69) is 54.9 Å². The predicted octanol–water partition coefficient (Wildman–Crippen LogP) is 5.05. The molecule has 0 heterocycles. The Bertz CT molecular complexity index is 379. The number of hydrogen-bond donors (Lipinski definition) is 0. The first-order chi connectivity index (χ1) is 7.52. The second kappa shape index (κ2) is 4.52. The van der Waals surface area contributed by atoms with E-state index in [4.69, 9.17) is 0 Å². The fraction of sp³-hybridized carbons (Fsp3) is 0.600. The molecule has 0 aromatic heterocycles. The highest BCUT2D eigenvalue weighted by molar-refractivity contribution is 9.09. The maximum atomic E-state index is 3.88. The molecule has 1 aromatic rings. The van der Waals surface area contributed by atoms with E-state index in [1.165, 1.54) is 30.4 Å². The Balaban J connectivity index is 2.37. The molecule has 1 aromatic carbocycles. The van der Waals surface area contributed by atoms with E-state index in [9.17, 15) is 0 Å². The zero-order valence-corrected chi connectivity index (χ0v) is 12.1. The molecule has 1 unspecified atom stereocenters. The van der Waals surface area contributed by atoms with Crippen LogP contribution in [0.3, 0.4) is 0 Å². The first kappa shape index (κ1) is 12.2. The van der Waals surface area contributed by atoms with Crippen LogP contribution in [0.1, 0.15) is 55.1 Å². The second-order valence-corrected chi connectivity index (χ2v) is 6.83. The van der Waals surface area contributed by atoms with Crippen LogP contribution in [-0.4, -0.2) is 0 Å². The Morgan fingerprint density at radius 3 is 2.81 bits per heavy atom. The summed E-state index contributed by atoms with van der Waals surface area (Å²) in [5.74, 6) is 0. The third-order valence-corrected chi connectivity index (χ3v) is 4.58. The molecule has 0 radical (unpaired) electrons. The highest BCUT2D eigenvalue weighted by atomic mass is 79.9. The van der Waals surface area contributed by atoms with Gasteiger partial charge in [0.25, 0.3) is 0 Å². The van der Waals surface area contributed by atoms with Crippen molar-refractivity contribution in [3.63, 3.8) is 0 Å². The Morgan fingerprint density at radius 1 is 1.38 bits per heavy atom. The normalized spacial score (nSPS) is 23.6. The standard InChI is InChI=1S/C15H21Br/c1-4-11-5-6-12-7-8-15(2,3)10-14(16)13(12)9-11/h5-6,9,14H,4,7-8,10H2,1-3H3. The van der Waals surface area contributed by atoms with Crippen molar-refractivity contribution in [2.24, 2.45) is 5.41 Å². The van der Waals surface area contributed by atoms with E-state index in [1.54, 1.807) is 5.56 Å². The molecule has 88 valence electrons. The van der Waals surface area contributed by atoms with Crippen LogP contribution in [0.4, 0.5) is 0 Å². The molecule has 0 bridgehead atoms. The third-order valence-electron chi connectivity index (χ3n) is 3.76. The summed E-state index contributed by atoms with van der Waals surface area (Å²) < 4.78 is 0. The van der Waals surface area contributed by atoms with Gasteiger partial charge in [0.15, 0.2) is 0 Å². The lowest BCUT2D eigenvalue weighted by Crippen LogP contribution is -2.11. The Kier molecular flexibility index (Phi) is 3.44. The van der Waals surface area contributed by atoms with Crippen LogP contribution in [0.25, 0.3) is 0 Å². The van der Waals surface area contributed by atoms with Crippen molar-refractivity contribution in [2.75, 3.05) is 0 Å². The minimum atomic E-state index is 0.458. The minimum absolute atomic E-state index is 0.458. The van der Waals surface area contributed by atoms with E-state index >= 15 is 0 Å². The molecule has 0 aliphatic heterocycles. The molecule has 2 rings (SSSR count). The average molecular weight is 281 g/mol. The first-order valence-corrected chi connectivity index (χ1v) is 7.19. The molecule has 1 aliphatic carbocycles. The topological polar surface area (TPSA) is 0 Å². The second-order valence-electron chi connectivity index (χ2n) is 5.72. The van der Waals surface area contributed by atoms with Gasteiger partial charge in [0.05, 0.1) is 0 Å². The van der Waals surface area contributed by atoms with Gasteiger partial charge in [0.2, 0.25) is 0 Å². The molecular weight excluding hydrogens is 260 g/mol. The van der Waals surface area contributed by atoms with Gasteiger partial charge < -0.3 is 0 Å². The Labute approximate surface area is 108 Å². The molecular formula is C15H21Br. The van der Waals surface area contributed by atoms with Gasteiger partial charge in [-0.05, 0) is 47.8 Å². The minimum Gasteiger partial charge on any atom is -0.0838 e. The fourth-order valence-corrected chi connectivity index (χ4v) is 3.86. The van der Waals surface area contributed by atoms with Gasteiger partial charge in [-0.25, -0.2) is 0 Å². The zero-order chi connectivity index (χ0) is 11.8. The molecule has 0 saturated carbocycles. The van der Waals surface area contributed by atoms with Crippen LogP contribution in [0.2, 0.25) is 0 Å². The smallest absolute Gasteiger partial charge is 0.0403 e. The molecule has 0 nitrogen and oxygen atoms in total. The van der Waals surface area contributed by atoms with Crippen molar-refractivity contribution in [1.29, 1.82) is 0 Å². The molecule has 0 spiro atoms. The summed E-state index contributed by atoms with van der Waals surface area (Å²) in [7, 11) is 0. The van der Waals surface area contributed by atoms with E-state index < -0.39 is 0 Å². The maximum Gasteiger partial charge on any atom is 0.0403 e. The van der Waals surface area contributed by atoms with Gasteiger partial charge in [-0.2, -0.15) is 0 Å². The summed E-state index contributed by atoms with van der Waals surface area (Å²) in [5, 5.41) is 0. The summed E-state index contributed by atoms with van der Waals surface area (Å²) in [5.41, 5.74) is 5.00. The molecule has 0 amide bonds. The molecule has 1 heteroatoms. The van der Waals surface area contributed by atoms with Crippen LogP contribution in [-0.2, 0) is 12.8 Å². The summed E-state index contributed by atoms with van der Waals surface area (Å²) >= 11 is 3.88. The van der Waals surface area contributed by atoms with Crippen LogP contribution in [0.5, 0.6) is 0 Å². The number of aryl methyl sites for hydroxylation is 2. The van der Waals surface area contributed by atoms with Crippen molar-refractivity contribution in [3.05, 3.63) is 34.9 Å². The van der Waals surface area contributed by atoms with E-state index in [0.717, 1.165) is 6.42 Å². The van der Waals surface area contributed by atoms with Gasteiger partial charge >= 0.3 is 0 Å². The number of fused-ring (bicyclic) bond motifs is 1. The van der Waals surface area contributed by atoms with Crippen LogP contribution < -0.4 is 0 Å². The molecule has 1 aliphatic rings. The molecule has 16 heavy (non-hydrogen) atoms. The zero-order valence-electron chi connectivity index (χ0n) is 10.5. The summed E-state index contributed by atoms with van der Waals surface area (Å²) in [4.78, 5) is 0.534. The van der Waals surface area contributed by atoms with Gasteiger partial charge in [0.1, 0.15) is 0 Å². The maximum absolute atomic E-state index is 3.88. The monoisotopic (exact) mass is 280 g/mol. The Hall–Kier alpha value is -0.300. The van der Waals surface area contributed by atoms with Crippen LogP contribution in [0.15, 0.2) is 18.2 Å². The van der Waals surface area contributed by atoms with Crippen molar-refractivity contribution >= 4 is 15.9 Å². The van der Waals surface area contributed by atoms with E-state index in [-0.39, 0.29) is 0 Å².